The van der Waals surface area contributed by atoms with Gasteiger partial charge in [0, 0.05) is 6.20 Å². The summed E-state index contributed by atoms with van der Waals surface area (Å²) in [6.45, 7) is -0.0836. The van der Waals surface area contributed by atoms with Gasteiger partial charge in [-0.15, -0.1) is 0 Å². The lowest BCUT2D eigenvalue weighted by atomic mass is 10.2. The number of rotatable bonds is 7. The second kappa shape index (κ2) is 9.19. The van der Waals surface area contributed by atoms with Crippen molar-refractivity contribution in [2.75, 3.05) is 7.11 Å². The van der Waals surface area contributed by atoms with Gasteiger partial charge >= 0.3 is 5.97 Å². The standard InChI is InChI=1S/C21H18N2O6S/c1-28-18-9-11-19(12-10-18)30(26,27)23-20(24)16-7-8-17(22-13-16)14-29-21(25)15-5-3-2-4-6-15/h2-13H,14H2,1H3,(H,23,24). The molecule has 1 N–H and O–H groups in total. The van der Waals surface area contributed by atoms with Gasteiger partial charge < -0.3 is 9.47 Å². The second-order valence-corrected chi connectivity index (χ2v) is 7.77. The molecule has 9 heteroatoms. The molecule has 0 unspecified atom stereocenters. The third-order valence-corrected chi connectivity index (χ3v) is 5.39. The van der Waals surface area contributed by atoms with E-state index < -0.39 is 21.9 Å². The maximum atomic E-state index is 12.3. The van der Waals surface area contributed by atoms with E-state index >= 15 is 0 Å². The van der Waals surface area contributed by atoms with Gasteiger partial charge in [-0.25, -0.2) is 17.9 Å². The second-order valence-electron chi connectivity index (χ2n) is 6.09. The normalized spacial score (nSPS) is 10.8. The molecule has 0 spiro atoms. The van der Waals surface area contributed by atoms with Gasteiger partial charge in [-0.2, -0.15) is 0 Å². The summed E-state index contributed by atoms with van der Waals surface area (Å²) in [5, 5.41) is 0. The van der Waals surface area contributed by atoms with Crippen LogP contribution in [0, 0.1) is 0 Å². The Morgan fingerprint density at radius 1 is 0.933 bits per heavy atom. The van der Waals surface area contributed by atoms with Gasteiger partial charge in [0.1, 0.15) is 12.4 Å². The molecule has 8 nitrogen and oxygen atoms in total. The molecule has 3 aromatic rings. The highest BCUT2D eigenvalue weighted by atomic mass is 32.2. The number of hydrogen-bond donors (Lipinski definition) is 1. The number of amides is 1. The van der Waals surface area contributed by atoms with E-state index in [9.17, 15) is 18.0 Å². The van der Waals surface area contributed by atoms with Crippen molar-refractivity contribution in [1.29, 1.82) is 0 Å². The molecule has 0 aliphatic carbocycles. The van der Waals surface area contributed by atoms with E-state index in [1.807, 2.05) is 4.72 Å². The van der Waals surface area contributed by atoms with E-state index in [4.69, 9.17) is 9.47 Å². The maximum Gasteiger partial charge on any atom is 0.338 e. The monoisotopic (exact) mass is 426 g/mol. The molecule has 2 aromatic carbocycles. The quantitative estimate of drug-likeness (QED) is 0.578. The molecular weight excluding hydrogens is 408 g/mol. The Morgan fingerprint density at radius 2 is 1.63 bits per heavy atom. The fourth-order valence-corrected chi connectivity index (χ4v) is 3.41. The number of sulfonamides is 1. The zero-order valence-corrected chi connectivity index (χ0v) is 16.8. The lowest BCUT2D eigenvalue weighted by Crippen LogP contribution is -2.30. The summed E-state index contributed by atoms with van der Waals surface area (Å²) >= 11 is 0. The van der Waals surface area contributed by atoms with Crippen molar-refractivity contribution in [2.24, 2.45) is 0 Å². The summed E-state index contributed by atoms with van der Waals surface area (Å²) in [5.41, 5.74) is 0.872. The molecule has 0 aliphatic rings. The number of hydrogen-bond acceptors (Lipinski definition) is 7. The Kier molecular flexibility index (Phi) is 6.43. The molecule has 1 amide bonds. The van der Waals surface area contributed by atoms with E-state index in [1.165, 1.54) is 49.7 Å². The van der Waals surface area contributed by atoms with Crippen LogP contribution in [0.4, 0.5) is 0 Å². The highest BCUT2D eigenvalue weighted by molar-refractivity contribution is 7.90. The predicted octanol–water partition coefficient (Wildman–Crippen LogP) is 2.57. The largest absolute Gasteiger partial charge is 0.497 e. The number of aromatic nitrogens is 1. The first-order valence-electron chi connectivity index (χ1n) is 8.77. The number of carbonyl (C=O) groups excluding carboxylic acids is 2. The predicted molar refractivity (Wildman–Crippen MR) is 107 cm³/mol. The molecule has 0 radical (unpaired) electrons. The van der Waals surface area contributed by atoms with Crippen molar-refractivity contribution < 1.29 is 27.5 Å². The molecular formula is C21H18N2O6S. The fourth-order valence-electron chi connectivity index (χ4n) is 2.44. The van der Waals surface area contributed by atoms with Crippen LogP contribution in [-0.2, 0) is 21.4 Å². The molecule has 3 rings (SSSR count). The van der Waals surface area contributed by atoms with Crippen LogP contribution in [0.1, 0.15) is 26.4 Å². The first kappa shape index (κ1) is 21.0. The summed E-state index contributed by atoms with van der Waals surface area (Å²) in [5.74, 6) is -0.830. The van der Waals surface area contributed by atoms with Crippen molar-refractivity contribution in [3.63, 3.8) is 0 Å². The minimum absolute atomic E-state index is 0.0465. The highest BCUT2D eigenvalue weighted by Crippen LogP contribution is 2.16. The fraction of sp³-hybridized carbons (Fsp3) is 0.0952. The van der Waals surface area contributed by atoms with E-state index in [2.05, 4.69) is 4.98 Å². The van der Waals surface area contributed by atoms with Crippen LogP contribution in [0.15, 0.2) is 77.8 Å². The van der Waals surface area contributed by atoms with E-state index in [-0.39, 0.29) is 17.1 Å². The van der Waals surface area contributed by atoms with Crippen molar-refractivity contribution in [3.8, 4) is 5.75 Å². The summed E-state index contributed by atoms with van der Waals surface area (Å²) in [4.78, 5) is 28.2. The Morgan fingerprint density at radius 3 is 2.23 bits per heavy atom. The molecule has 0 fully saturated rings. The SMILES string of the molecule is COc1ccc(S(=O)(=O)NC(=O)c2ccc(COC(=O)c3ccccc3)nc2)cc1. The third kappa shape index (κ3) is 5.21. The molecule has 154 valence electrons. The number of pyridine rings is 1. The van der Waals surface area contributed by atoms with Crippen LogP contribution in [0.2, 0.25) is 0 Å². The molecule has 0 bridgehead atoms. The van der Waals surface area contributed by atoms with Crippen LogP contribution >= 0.6 is 0 Å². The average Bonchev–Trinajstić information content (AvgIpc) is 2.78. The van der Waals surface area contributed by atoms with Crippen molar-refractivity contribution >= 4 is 21.9 Å². The maximum absolute atomic E-state index is 12.3. The third-order valence-electron chi connectivity index (χ3n) is 4.04. The lowest BCUT2D eigenvalue weighted by Gasteiger charge is -2.08. The smallest absolute Gasteiger partial charge is 0.338 e. The average molecular weight is 426 g/mol. The van der Waals surface area contributed by atoms with Gasteiger partial charge in [0.05, 0.1) is 28.8 Å². The molecule has 1 heterocycles. The number of methoxy groups -OCH3 is 1. The van der Waals surface area contributed by atoms with Crippen LogP contribution in [0.3, 0.4) is 0 Å². The number of nitrogens with one attached hydrogen (secondary N) is 1. The molecule has 30 heavy (non-hydrogen) atoms. The summed E-state index contributed by atoms with van der Waals surface area (Å²) in [6.07, 6.45) is 1.21. The molecule has 0 saturated carbocycles. The summed E-state index contributed by atoms with van der Waals surface area (Å²) in [6, 6.07) is 17.0. The molecule has 0 aliphatic heterocycles. The van der Waals surface area contributed by atoms with Crippen LogP contribution in [0.25, 0.3) is 0 Å². The van der Waals surface area contributed by atoms with Gasteiger partial charge in [-0.3, -0.25) is 9.78 Å². The zero-order valence-electron chi connectivity index (χ0n) is 15.9. The Balaban J connectivity index is 1.61. The van der Waals surface area contributed by atoms with Crippen LogP contribution in [0.5, 0.6) is 5.75 Å². The zero-order chi connectivity index (χ0) is 21.6. The van der Waals surface area contributed by atoms with Gasteiger partial charge in [-0.05, 0) is 48.5 Å². The summed E-state index contributed by atoms with van der Waals surface area (Å²) < 4.78 is 36.8. The first-order chi connectivity index (χ1) is 14.4. The minimum atomic E-state index is -4.05. The van der Waals surface area contributed by atoms with Gasteiger partial charge in [0.15, 0.2) is 0 Å². The van der Waals surface area contributed by atoms with Gasteiger partial charge in [0.25, 0.3) is 15.9 Å². The van der Waals surface area contributed by atoms with Gasteiger partial charge in [-0.1, -0.05) is 18.2 Å². The Labute approximate surface area is 173 Å². The number of esters is 1. The van der Waals surface area contributed by atoms with Crippen molar-refractivity contribution in [1.82, 2.24) is 9.71 Å². The summed E-state index contributed by atoms with van der Waals surface area (Å²) in [7, 11) is -2.58. The van der Waals surface area contributed by atoms with Crippen LogP contribution < -0.4 is 9.46 Å². The number of carbonyl (C=O) groups is 2. The number of ether oxygens (including phenoxy) is 2. The van der Waals surface area contributed by atoms with E-state index in [0.717, 1.165) is 0 Å². The topological polar surface area (TPSA) is 112 Å². The lowest BCUT2D eigenvalue weighted by molar-refractivity contribution is 0.0467. The number of nitrogens with zero attached hydrogens (tertiary/aromatic N) is 1. The molecule has 1 aromatic heterocycles. The first-order valence-corrected chi connectivity index (χ1v) is 10.3. The highest BCUT2D eigenvalue weighted by Gasteiger charge is 2.19. The van der Waals surface area contributed by atoms with E-state index in [0.29, 0.717) is 17.0 Å². The Hall–Kier alpha value is -3.72. The minimum Gasteiger partial charge on any atom is -0.497 e. The molecule has 0 saturated heterocycles. The van der Waals surface area contributed by atoms with Crippen molar-refractivity contribution in [2.45, 2.75) is 11.5 Å². The van der Waals surface area contributed by atoms with E-state index in [1.54, 1.807) is 30.3 Å². The Bertz CT molecular complexity index is 1130. The van der Waals surface area contributed by atoms with Crippen molar-refractivity contribution in [3.05, 3.63) is 89.7 Å². The van der Waals surface area contributed by atoms with Gasteiger partial charge in [0.2, 0.25) is 0 Å². The molecule has 0 atom stereocenters. The number of benzene rings is 2. The van der Waals surface area contributed by atoms with Crippen LogP contribution in [-0.4, -0.2) is 32.4 Å².